The summed E-state index contributed by atoms with van der Waals surface area (Å²) >= 11 is 0. The predicted octanol–water partition coefficient (Wildman–Crippen LogP) is 2.24. The lowest BCUT2D eigenvalue weighted by Gasteiger charge is -2.54. The fraction of sp³-hybridized carbons (Fsp3) is 0.929. The Bertz CT molecular complexity index is 310. The van der Waals surface area contributed by atoms with Gasteiger partial charge in [-0.1, -0.05) is 13.8 Å². The van der Waals surface area contributed by atoms with Crippen molar-refractivity contribution in [1.82, 2.24) is 10.2 Å². The first-order valence-corrected chi connectivity index (χ1v) is 7.00. The molecule has 104 valence electrons. The third-order valence-electron chi connectivity index (χ3n) is 3.71. The first-order valence-electron chi connectivity index (χ1n) is 7.00. The maximum absolute atomic E-state index is 12.0. The van der Waals surface area contributed by atoms with Crippen LogP contribution in [0.25, 0.3) is 0 Å². The van der Waals surface area contributed by atoms with Crippen LogP contribution in [0.15, 0.2) is 0 Å². The van der Waals surface area contributed by atoms with Gasteiger partial charge in [0.05, 0.1) is 0 Å². The largest absolute Gasteiger partial charge is 0.444 e. The summed E-state index contributed by atoms with van der Waals surface area (Å²) in [7, 11) is 0. The van der Waals surface area contributed by atoms with Crippen LogP contribution in [0.2, 0.25) is 0 Å². The number of hydrogen-bond acceptors (Lipinski definition) is 3. The first kappa shape index (κ1) is 13.7. The number of piperidine rings is 2. The highest BCUT2D eigenvalue weighted by molar-refractivity contribution is 5.68. The van der Waals surface area contributed by atoms with Gasteiger partial charge in [0.2, 0.25) is 0 Å². The molecule has 3 rings (SSSR count). The Morgan fingerprint density at radius 2 is 1.83 bits per heavy atom. The van der Waals surface area contributed by atoms with E-state index >= 15 is 0 Å². The highest BCUT2D eigenvalue weighted by Crippen LogP contribution is 2.40. The van der Waals surface area contributed by atoms with E-state index in [1.165, 1.54) is 6.42 Å². The van der Waals surface area contributed by atoms with E-state index in [4.69, 9.17) is 4.74 Å². The molecule has 0 spiro atoms. The van der Waals surface area contributed by atoms with Gasteiger partial charge in [0.25, 0.3) is 0 Å². The molecule has 0 radical (unpaired) electrons. The van der Waals surface area contributed by atoms with Crippen LogP contribution in [0.3, 0.4) is 0 Å². The van der Waals surface area contributed by atoms with Crippen molar-refractivity contribution in [3.05, 3.63) is 0 Å². The van der Waals surface area contributed by atoms with Crippen LogP contribution in [-0.2, 0) is 4.74 Å². The van der Waals surface area contributed by atoms with Crippen LogP contribution in [0.4, 0.5) is 4.79 Å². The van der Waals surface area contributed by atoms with Crippen LogP contribution in [0.1, 0.15) is 41.0 Å². The van der Waals surface area contributed by atoms with Gasteiger partial charge in [-0.25, -0.2) is 4.79 Å². The molecule has 18 heavy (non-hydrogen) atoms. The summed E-state index contributed by atoms with van der Waals surface area (Å²) in [6, 6.07) is 1.12. The summed E-state index contributed by atoms with van der Waals surface area (Å²) < 4.78 is 5.43. The third kappa shape index (κ3) is 2.97. The molecule has 1 saturated carbocycles. The van der Waals surface area contributed by atoms with E-state index in [-0.39, 0.29) is 6.09 Å². The average Bonchev–Trinajstić information content (AvgIpc) is 2.23. The zero-order chi connectivity index (χ0) is 13.5. The zero-order valence-electron chi connectivity index (χ0n) is 12.2. The predicted molar refractivity (Wildman–Crippen MR) is 71.5 cm³/mol. The van der Waals surface area contributed by atoms with E-state index in [9.17, 15) is 4.79 Å². The number of hydrogen-bond donors (Lipinski definition) is 1. The van der Waals surface area contributed by atoms with Gasteiger partial charge in [0.1, 0.15) is 5.60 Å². The van der Waals surface area contributed by atoms with Crippen molar-refractivity contribution >= 4 is 6.09 Å². The summed E-state index contributed by atoms with van der Waals surface area (Å²) in [5, 5.41) is 3.61. The molecule has 2 aliphatic heterocycles. The highest BCUT2D eigenvalue weighted by Gasteiger charge is 2.48. The topological polar surface area (TPSA) is 41.6 Å². The molecule has 1 amide bonds. The molecule has 2 saturated heterocycles. The van der Waals surface area contributed by atoms with Crippen molar-refractivity contribution in [1.29, 1.82) is 0 Å². The molecule has 0 aromatic rings. The fourth-order valence-corrected chi connectivity index (χ4v) is 3.02. The summed E-state index contributed by atoms with van der Waals surface area (Å²) in [5.74, 6) is 1.22. The second-order valence-electron chi connectivity index (χ2n) is 6.99. The molecule has 2 heterocycles. The Morgan fingerprint density at radius 1 is 1.28 bits per heavy atom. The van der Waals surface area contributed by atoms with Crippen molar-refractivity contribution in [3.63, 3.8) is 0 Å². The lowest BCUT2D eigenvalue weighted by molar-refractivity contribution is -0.0374. The standard InChI is InChI=1S/C14H26N2O2/c1-9(2)15-12-10-6-11(12)8-16(7-10)13(17)18-14(3,4)5/h9-12,15H,6-8H2,1-5H3. The second kappa shape index (κ2) is 4.72. The molecular weight excluding hydrogens is 228 g/mol. The van der Waals surface area contributed by atoms with E-state index in [0.717, 1.165) is 13.1 Å². The molecule has 1 N–H and O–H groups in total. The SMILES string of the molecule is CC(C)NC1C2CC1CN(C(=O)OC(C)(C)C)C2. The third-order valence-corrected chi connectivity index (χ3v) is 3.71. The summed E-state index contributed by atoms with van der Waals surface area (Å²) in [6.07, 6.45) is 1.10. The molecule has 2 atom stereocenters. The van der Waals surface area contributed by atoms with Gasteiger partial charge in [-0.15, -0.1) is 0 Å². The van der Waals surface area contributed by atoms with Crippen molar-refractivity contribution in [2.24, 2.45) is 11.8 Å². The lowest BCUT2D eigenvalue weighted by Crippen LogP contribution is -2.65. The Hall–Kier alpha value is -0.770. The maximum Gasteiger partial charge on any atom is 0.410 e. The quantitative estimate of drug-likeness (QED) is 0.821. The first-order chi connectivity index (χ1) is 8.26. The van der Waals surface area contributed by atoms with Crippen molar-refractivity contribution < 1.29 is 9.53 Å². The number of amides is 1. The van der Waals surface area contributed by atoms with Gasteiger partial charge in [-0.05, 0) is 39.0 Å². The minimum atomic E-state index is -0.395. The van der Waals surface area contributed by atoms with Crippen LogP contribution in [-0.4, -0.2) is 41.8 Å². The number of fused-ring (bicyclic) bond motifs is 2. The number of rotatable bonds is 2. The van der Waals surface area contributed by atoms with Crippen molar-refractivity contribution in [2.75, 3.05) is 13.1 Å². The molecule has 0 aromatic carbocycles. The summed E-state index contributed by atoms with van der Waals surface area (Å²) in [6.45, 7) is 11.8. The molecule has 1 aliphatic carbocycles. The molecule has 2 unspecified atom stereocenters. The second-order valence-corrected chi connectivity index (χ2v) is 6.99. The number of carbonyl (C=O) groups is 1. The highest BCUT2D eigenvalue weighted by atomic mass is 16.6. The minimum absolute atomic E-state index is 0.153. The number of ether oxygens (including phenoxy) is 1. The smallest absolute Gasteiger partial charge is 0.410 e. The van der Waals surface area contributed by atoms with Crippen molar-refractivity contribution in [2.45, 2.75) is 58.7 Å². The van der Waals surface area contributed by atoms with E-state index in [1.54, 1.807) is 0 Å². The monoisotopic (exact) mass is 254 g/mol. The average molecular weight is 254 g/mol. The molecule has 4 heteroatoms. The fourth-order valence-electron chi connectivity index (χ4n) is 3.02. The Balaban J connectivity index is 1.85. The van der Waals surface area contributed by atoms with Gasteiger partial charge < -0.3 is 15.0 Å². The van der Waals surface area contributed by atoms with Crippen LogP contribution in [0.5, 0.6) is 0 Å². The van der Waals surface area contributed by atoms with Gasteiger partial charge >= 0.3 is 6.09 Å². The minimum Gasteiger partial charge on any atom is -0.444 e. The van der Waals surface area contributed by atoms with Crippen LogP contribution >= 0.6 is 0 Å². The number of nitrogens with one attached hydrogen (secondary N) is 1. The van der Waals surface area contributed by atoms with Gasteiger partial charge in [-0.2, -0.15) is 0 Å². The van der Waals surface area contributed by atoms with Gasteiger partial charge in [-0.3, -0.25) is 0 Å². The van der Waals surface area contributed by atoms with E-state index in [2.05, 4.69) is 19.2 Å². The van der Waals surface area contributed by atoms with E-state index < -0.39 is 5.60 Å². The molecule has 3 aliphatic rings. The molecule has 4 nitrogen and oxygen atoms in total. The maximum atomic E-state index is 12.0. The zero-order valence-corrected chi connectivity index (χ0v) is 12.2. The van der Waals surface area contributed by atoms with Crippen molar-refractivity contribution in [3.8, 4) is 0 Å². The summed E-state index contributed by atoms with van der Waals surface area (Å²) in [5.41, 5.74) is -0.395. The molecule has 0 aromatic heterocycles. The number of nitrogens with zero attached hydrogens (tertiary/aromatic N) is 1. The summed E-state index contributed by atoms with van der Waals surface area (Å²) in [4.78, 5) is 13.9. The van der Waals surface area contributed by atoms with Gasteiger partial charge in [0.15, 0.2) is 0 Å². The lowest BCUT2D eigenvalue weighted by atomic mass is 9.66. The van der Waals surface area contributed by atoms with Crippen LogP contribution < -0.4 is 5.32 Å². The Labute approximate surface area is 110 Å². The van der Waals surface area contributed by atoms with E-state index in [0.29, 0.717) is 23.9 Å². The number of carbonyl (C=O) groups excluding carboxylic acids is 1. The molecule has 3 fully saturated rings. The van der Waals surface area contributed by atoms with E-state index in [1.807, 2.05) is 25.7 Å². The van der Waals surface area contributed by atoms with Crippen LogP contribution in [0, 0.1) is 11.8 Å². The van der Waals surface area contributed by atoms with Gasteiger partial charge in [0, 0.05) is 25.2 Å². The normalized spacial score (nSPS) is 31.2. The molecular formula is C14H26N2O2. The Morgan fingerprint density at radius 3 is 2.28 bits per heavy atom. The molecule has 2 bridgehead atoms. The Kier molecular flexibility index (Phi) is 3.58.